The van der Waals surface area contributed by atoms with Gasteiger partial charge in [0.15, 0.2) is 0 Å². The molecule has 0 saturated carbocycles. The molecule has 1 aliphatic rings. The summed E-state index contributed by atoms with van der Waals surface area (Å²) in [5.41, 5.74) is 1.74. The van der Waals surface area contributed by atoms with Crippen LogP contribution in [0.4, 0.5) is 9.59 Å². The molecule has 0 unspecified atom stereocenters. The Morgan fingerprint density at radius 1 is 0.917 bits per heavy atom. The first-order valence-electron chi connectivity index (χ1n) is 11.8. The number of benzene rings is 2. The zero-order valence-electron chi connectivity index (χ0n) is 20.2. The van der Waals surface area contributed by atoms with Crippen LogP contribution in [-0.2, 0) is 37.0 Å². The first kappa shape index (κ1) is 26.5. The first-order valence-corrected chi connectivity index (χ1v) is 11.8. The van der Waals surface area contributed by atoms with Crippen LogP contribution in [0.3, 0.4) is 0 Å². The van der Waals surface area contributed by atoms with Crippen LogP contribution in [0.25, 0.3) is 0 Å². The van der Waals surface area contributed by atoms with Crippen LogP contribution in [0.15, 0.2) is 60.7 Å². The van der Waals surface area contributed by atoms with E-state index in [4.69, 9.17) is 14.2 Å². The van der Waals surface area contributed by atoms with Gasteiger partial charge in [0.25, 0.3) is 0 Å². The molecule has 10 nitrogen and oxygen atoms in total. The number of nitrogens with zero attached hydrogens (tertiary/aromatic N) is 1. The SMILES string of the molecule is COC(=O)[C@H](CCCCNC(=O)OCc1ccccc1)NC(=O)[C@@H]1CN1C(=O)OCc1ccccc1. The summed E-state index contributed by atoms with van der Waals surface area (Å²) in [6.45, 7) is 0.881. The van der Waals surface area contributed by atoms with Crippen molar-refractivity contribution in [3.05, 3.63) is 71.8 Å². The van der Waals surface area contributed by atoms with Gasteiger partial charge < -0.3 is 24.8 Å². The predicted molar refractivity (Wildman–Crippen MR) is 130 cm³/mol. The lowest BCUT2D eigenvalue weighted by atomic mass is 10.1. The van der Waals surface area contributed by atoms with Crippen LogP contribution >= 0.6 is 0 Å². The third-order valence-electron chi connectivity index (χ3n) is 5.56. The van der Waals surface area contributed by atoms with E-state index < -0.39 is 36.1 Å². The zero-order valence-corrected chi connectivity index (χ0v) is 20.2. The molecular formula is C26H31N3O7. The molecule has 36 heavy (non-hydrogen) atoms. The van der Waals surface area contributed by atoms with E-state index >= 15 is 0 Å². The number of esters is 1. The molecular weight excluding hydrogens is 466 g/mol. The summed E-state index contributed by atoms with van der Waals surface area (Å²) in [5.74, 6) is -1.01. The van der Waals surface area contributed by atoms with E-state index in [2.05, 4.69) is 10.6 Å². The maximum absolute atomic E-state index is 12.6. The maximum atomic E-state index is 12.6. The predicted octanol–water partition coefficient (Wildman–Crippen LogP) is 2.76. The number of amides is 3. The highest BCUT2D eigenvalue weighted by Crippen LogP contribution is 2.20. The van der Waals surface area contributed by atoms with Crippen molar-refractivity contribution in [1.29, 1.82) is 0 Å². The number of alkyl carbamates (subject to hydrolysis) is 1. The fourth-order valence-corrected chi connectivity index (χ4v) is 3.46. The summed E-state index contributed by atoms with van der Waals surface area (Å²) < 4.78 is 15.2. The minimum absolute atomic E-state index is 0.114. The van der Waals surface area contributed by atoms with Crippen molar-refractivity contribution in [1.82, 2.24) is 15.5 Å². The zero-order chi connectivity index (χ0) is 25.8. The van der Waals surface area contributed by atoms with Gasteiger partial charge in [-0.25, -0.2) is 14.4 Å². The second-order valence-corrected chi connectivity index (χ2v) is 8.28. The Bertz CT molecular complexity index is 1020. The Labute approximate surface area is 209 Å². The lowest BCUT2D eigenvalue weighted by Crippen LogP contribution is -2.44. The molecule has 1 saturated heterocycles. The molecule has 0 aliphatic carbocycles. The van der Waals surface area contributed by atoms with E-state index in [1.165, 1.54) is 12.0 Å². The molecule has 2 aromatic carbocycles. The minimum Gasteiger partial charge on any atom is -0.467 e. The van der Waals surface area contributed by atoms with Gasteiger partial charge in [-0.05, 0) is 30.4 Å². The van der Waals surface area contributed by atoms with E-state index in [0.29, 0.717) is 25.8 Å². The molecule has 1 fully saturated rings. The molecule has 10 heteroatoms. The minimum atomic E-state index is -0.852. The summed E-state index contributed by atoms with van der Waals surface area (Å²) in [7, 11) is 1.25. The van der Waals surface area contributed by atoms with Gasteiger partial charge in [0, 0.05) is 6.54 Å². The third-order valence-corrected chi connectivity index (χ3v) is 5.56. The number of carbonyl (C=O) groups excluding carboxylic acids is 4. The lowest BCUT2D eigenvalue weighted by molar-refractivity contribution is -0.145. The van der Waals surface area contributed by atoms with Gasteiger partial charge in [0.1, 0.15) is 25.3 Å². The maximum Gasteiger partial charge on any atom is 0.410 e. The van der Waals surface area contributed by atoms with Crippen LogP contribution in [-0.4, -0.2) is 61.2 Å². The van der Waals surface area contributed by atoms with Crippen molar-refractivity contribution >= 4 is 24.1 Å². The number of ether oxygens (including phenoxy) is 3. The molecule has 2 aromatic rings. The number of unbranched alkanes of at least 4 members (excludes halogenated alkanes) is 1. The molecule has 1 heterocycles. The number of rotatable bonds is 12. The lowest BCUT2D eigenvalue weighted by Gasteiger charge is -2.16. The fourth-order valence-electron chi connectivity index (χ4n) is 3.46. The highest BCUT2D eigenvalue weighted by Gasteiger charge is 2.46. The molecule has 3 amide bonds. The molecule has 0 spiro atoms. The summed E-state index contributed by atoms with van der Waals surface area (Å²) in [5, 5.41) is 5.31. The molecule has 3 rings (SSSR count). The first-order chi connectivity index (χ1) is 17.5. The Morgan fingerprint density at radius 3 is 2.14 bits per heavy atom. The second kappa shape index (κ2) is 13.7. The highest BCUT2D eigenvalue weighted by molar-refractivity contribution is 5.93. The van der Waals surface area contributed by atoms with E-state index in [0.717, 1.165) is 11.1 Å². The van der Waals surface area contributed by atoms with Gasteiger partial charge in [0.2, 0.25) is 5.91 Å². The number of carbonyl (C=O) groups is 4. The summed E-state index contributed by atoms with van der Waals surface area (Å²) in [6.07, 6.45) is 0.339. The van der Waals surface area contributed by atoms with E-state index in [1.807, 2.05) is 60.7 Å². The average Bonchev–Trinajstić information content (AvgIpc) is 3.72. The summed E-state index contributed by atoms with van der Waals surface area (Å²) in [4.78, 5) is 49.9. The van der Waals surface area contributed by atoms with E-state index in [9.17, 15) is 19.2 Å². The van der Waals surface area contributed by atoms with Crippen LogP contribution < -0.4 is 10.6 Å². The number of hydrogen-bond donors (Lipinski definition) is 2. The molecule has 192 valence electrons. The molecule has 0 bridgehead atoms. The van der Waals surface area contributed by atoms with Crippen molar-refractivity contribution in [3.8, 4) is 0 Å². The monoisotopic (exact) mass is 497 g/mol. The fraction of sp³-hybridized carbons (Fsp3) is 0.385. The third kappa shape index (κ3) is 8.61. The number of hydrogen-bond acceptors (Lipinski definition) is 7. The van der Waals surface area contributed by atoms with Crippen molar-refractivity contribution in [2.45, 2.75) is 44.6 Å². The summed E-state index contributed by atoms with van der Waals surface area (Å²) in [6, 6.07) is 17.0. The Kier molecular flexibility index (Phi) is 10.1. The van der Waals surface area contributed by atoms with Crippen LogP contribution in [0.5, 0.6) is 0 Å². The Morgan fingerprint density at radius 2 is 1.53 bits per heavy atom. The van der Waals surface area contributed by atoms with Gasteiger partial charge in [-0.2, -0.15) is 0 Å². The van der Waals surface area contributed by atoms with Crippen LogP contribution in [0, 0.1) is 0 Å². The van der Waals surface area contributed by atoms with Crippen molar-refractivity contribution in [2.75, 3.05) is 20.2 Å². The van der Waals surface area contributed by atoms with Crippen molar-refractivity contribution in [3.63, 3.8) is 0 Å². The van der Waals surface area contributed by atoms with Crippen molar-refractivity contribution in [2.24, 2.45) is 0 Å². The average molecular weight is 498 g/mol. The largest absolute Gasteiger partial charge is 0.467 e. The van der Waals surface area contributed by atoms with Gasteiger partial charge in [-0.3, -0.25) is 9.69 Å². The smallest absolute Gasteiger partial charge is 0.410 e. The topological polar surface area (TPSA) is 123 Å². The van der Waals surface area contributed by atoms with Gasteiger partial charge >= 0.3 is 18.2 Å². The number of nitrogens with one attached hydrogen (secondary N) is 2. The molecule has 2 atom stereocenters. The van der Waals surface area contributed by atoms with Gasteiger partial charge in [0.05, 0.1) is 13.7 Å². The summed E-state index contributed by atoms with van der Waals surface area (Å²) >= 11 is 0. The van der Waals surface area contributed by atoms with E-state index in [1.54, 1.807) is 0 Å². The number of methoxy groups -OCH3 is 1. The molecule has 2 N–H and O–H groups in total. The van der Waals surface area contributed by atoms with Crippen molar-refractivity contribution < 1.29 is 33.4 Å². The molecule has 0 radical (unpaired) electrons. The standard InChI is InChI=1S/C26H31N3O7/c1-34-24(31)21(14-8-9-15-27-25(32)35-17-19-10-4-2-5-11-19)28-23(30)22-16-29(22)26(33)36-18-20-12-6-3-7-13-20/h2-7,10-13,21-22H,8-9,14-18H2,1H3,(H,27,32)(H,28,30)/t21-,22-,29?/m0/s1. The normalized spacial score (nSPS) is 14.8. The second-order valence-electron chi connectivity index (χ2n) is 8.28. The van der Waals surface area contributed by atoms with E-state index in [-0.39, 0.29) is 19.8 Å². The van der Waals surface area contributed by atoms with Crippen LogP contribution in [0.1, 0.15) is 30.4 Å². The Balaban J connectivity index is 1.33. The van der Waals surface area contributed by atoms with Crippen LogP contribution in [0.2, 0.25) is 0 Å². The molecule has 1 aliphatic heterocycles. The Hall–Kier alpha value is -4.08. The highest BCUT2D eigenvalue weighted by atomic mass is 16.6. The van der Waals surface area contributed by atoms with Gasteiger partial charge in [-0.1, -0.05) is 60.7 Å². The van der Waals surface area contributed by atoms with Gasteiger partial charge in [-0.15, -0.1) is 0 Å². The quantitative estimate of drug-likeness (QED) is 0.200. The molecule has 0 aromatic heterocycles.